The number of aliphatic imine (C=N–C) groups is 1. The van der Waals surface area contributed by atoms with Gasteiger partial charge in [0.15, 0.2) is 0 Å². The van der Waals surface area contributed by atoms with Crippen LogP contribution in [-0.2, 0) is 128 Å². The summed E-state index contributed by atoms with van der Waals surface area (Å²) >= 11 is 0. The number of hydrogen-bond acceptors (Lipinski definition) is 32. The number of amides is 7. The molecule has 0 heterocycles. The fourth-order valence-electron chi connectivity index (χ4n) is 8.60. The van der Waals surface area contributed by atoms with E-state index in [1.165, 1.54) is 7.11 Å². The Morgan fingerprint density at radius 3 is 0.850 bits per heavy atom. The lowest BCUT2D eigenvalue weighted by Gasteiger charge is -2.19. The zero-order chi connectivity index (χ0) is 78.2. The van der Waals surface area contributed by atoms with Crippen LogP contribution in [0, 0.1) is 0 Å². The van der Waals surface area contributed by atoms with Gasteiger partial charge in [-0.05, 0) is 57.8 Å². The highest BCUT2D eigenvalue weighted by Crippen LogP contribution is 2.06. The van der Waals surface area contributed by atoms with E-state index in [-0.39, 0.29) is 201 Å². The van der Waals surface area contributed by atoms with Crippen LogP contribution in [0.1, 0.15) is 57.8 Å². The Morgan fingerprint density at radius 2 is 0.533 bits per heavy atom. The van der Waals surface area contributed by atoms with Gasteiger partial charge >= 0.3 is 5.97 Å². The Morgan fingerprint density at radius 1 is 0.280 bits per heavy atom. The van der Waals surface area contributed by atoms with Gasteiger partial charge in [-0.3, -0.25) is 38.6 Å². The number of hydrogen-bond donors (Lipinski definition) is 12. The molecule has 0 aromatic carbocycles. The first-order valence-corrected chi connectivity index (χ1v) is 36.8. The van der Waals surface area contributed by atoms with Crippen molar-refractivity contribution in [2.75, 3.05) is 304 Å². The summed E-state index contributed by atoms with van der Waals surface area (Å²) in [6.07, 6.45) is 4.21. The van der Waals surface area contributed by atoms with Crippen LogP contribution >= 0.6 is 0 Å². The van der Waals surface area contributed by atoms with E-state index in [0.29, 0.717) is 183 Å². The number of methoxy groups -OCH3 is 1. The number of ether oxygens (including phenoxy) is 19. The first-order chi connectivity index (χ1) is 52.3. The average molecular weight is 1550 g/mol. The van der Waals surface area contributed by atoms with E-state index >= 15 is 0 Å². The first-order valence-electron chi connectivity index (χ1n) is 36.8. The lowest BCUT2D eigenvalue weighted by molar-refractivity contribution is -0.146. The molecule has 0 aliphatic rings. The molecule has 0 aromatic rings. The van der Waals surface area contributed by atoms with E-state index < -0.39 is 41.8 Å². The summed E-state index contributed by atoms with van der Waals surface area (Å²) < 4.78 is 102. The van der Waals surface area contributed by atoms with Crippen LogP contribution in [0.5, 0.6) is 0 Å². The van der Waals surface area contributed by atoms with E-state index in [2.05, 4.69) is 42.2 Å². The third-order valence-corrected chi connectivity index (χ3v) is 13.9. The molecule has 0 aliphatic heterocycles. The molecule has 40 nitrogen and oxygen atoms in total. The molecule has 0 aromatic heterocycles. The Hall–Kier alpha value is -5.65. The SMILES string of the molecule is COC(=O)C(CCCCNC(=O)COCCOCCOCCN=C(N)C(CCCCNC(=O)COCCOCCOCCN)NC(=O)COCCOCCOCCN)NC(=O)COCCOCCOCCNC(=O)C(CCCCNC(=O)COCCOCCOCCN)NC(=O)COCCOCCOCCN. The second kappa shape index (κ2) is 79.9. The molecule has 3 unspecified atom stereocenters. The molecule has 107 heavy (non-hydrogen) atoms. The van der Waals surface area contributed by atoms with Crippen LogP contribution in [0.4, 0.5) is 0 Å². The minimum atomic E-state index is -0.932. The van der Waals surface area contributed by atoms with Gasteiger partial charge in [0.05, 0.1) is 218 Å². The van der Waals surface area contributed by atoms with Gasteiger partial charge < -0.3 is 156 Å². The Labute approximate surface area is 630 Å². The van der Waals surface area contributed by atoms with Gasteiger partial charge in [-0.25, -0.2) is 4.79 Å². The van der Waals surface area contributed by atoms with Gasteiger partial charge in [0.25, 0.3) is 0 Å². The van der Waals surface area contributed by atoms with Gasteiger partial charge in [0.1, 0.15) is 57.6 Å². The Bertz CT molecular complexity index is 2180. The summed E-state index contributed by atoms with van der Waals surface area (Å²) in [6, 6.07) is -2.41. The summed E-state index contributed by atoms with van der Waals surface area (Å²) in [4.78, 5) is 105. The maximum atomic E-state index is 13.2. The van der Waals surface area contributed by atoms with Crippen molar-refractivity contribution in [1.29, 1.82) is 0 Å². The highest BCUT2D eigenvalue weighted by molar-refractivity contribution is 5.91. The van der Waals surface area contributed by atoms with Crippen LogP contribution in [0.15, 0.2) is 4.99 Å². The van der Waals surface area contributed by atoms with Gasteiger partial charge in [0, 0.05) is 52.4 Å². The predicted octanol–water partition coefficient (Wildman–Crippen LogP) is -5.92. The van der Waals surface area contributed by atoms with E-state index in [1.807, 2.05) is 0 Å². The van der Waals surface area contributed by atoms with Crippen molar-refractivity contribution < 1.29 is 128 Å². The van der Waals surface area contributed by atoms with Crippen molar-refractivity contribution in [2.24, 2.45) is 33.7 Å². The van der Waals surface area contributed by atoms with Gasteiger partial charge in [-0.1, -0.05) is 0 Å². The zero-order valence-corrected chi connectivity index (χ0v) is 63.3. The third kappa shape index (κ3) is 71.7. The number of nitrogens with zero attached hydrogens (tertiary/aromatic N) is 1. The number of amidine groups is 1. The van der Waals surface area contributed by atoms with E-state index in [0.717, 1.165) is 0 Å². The molecule has 0 saturated heterocycles. The van der Waals surface area contributed by atoms with Crippen LogP contribution in [0.2, 0.25) is 0 Å². The minimum absolute atomic E-state index is 0.0740. The van der Waals surface area contributed by atoms with Crippen LogP contribution in [0.25, 0.3) is 0 Å². The second-order valence-corrected chi connectivity index (χ2v) is 22.8. The third-order valence-electron chi connectivity index (χ3n) is 13.9. The van der Waals surface area contributed by atoms with Crippen molar-refractivity contribution in [2.45, 2.75) is 75.9 Å². The summed E-state index contributed by atoms with van der Waals surface area (Å²) in [5.74, 6) is -3.15. The largest absolute Gasteiger partial charge is 0.467 e. The van der Waals surface area contributed by atoms with Crippen LogP contribution in [0.3, 0.4) is 0 Å². The Kier molecular flexibility index (Phi) is 75.7. The number of rotatable bonds is 83. The molecule has 3 atom stereocenters. The summed E-state index contributed by atoms with van der Waals surface area (Å²) in [5.41, 5.74) is 27.9. The molecular weight excluding hydrogens is 1420 g/mol. The van der Waals surface area contributed by atoms with E-state index in [1.54, 1.807) is 0 Å². The molecule has 0 radical (unpaired) electrons. The molecule has 0 rings (SSSR count). The molecule has 0 bridgehead atoms. The maximum absolute atomic E-state index is 13.2. The van der Waals surface area contributed by atoms with Gasteiger partial charge in [0.2, 0.25) is 41.4 Å². The fraction of sp³-hybridized carbons (Fsp3) is 0.866. The maximum Gasteiger partial charge on any atom is 0.328 e. The standard InChI is InChI=1S/C67H131N13O27/c1-89-67(88)58(80-64(86)55-107-49-43-101-37-31-95-25-19-77-66(87)57(79-63(85)54-106-48-42-99-35-29-93-23-14-71)9-3-6-16-74-60(82)51-103-45-39-97-33-27-91-21-12-69)10-4-7-17-75-61(83)52-104-46-40-100-36-30-94-24-18-76-65(72)56(78-62(84)53-105-47-41-98-34-28-92-22-13-70)8-2-5-15-73-59(81)50-102-44-38-96-32-26-90-20-11-68/h56-58H,2-55,68-71H2,1H3,(H2,72,76)(H,73,81)(H,74,82)(H,75,83)(H,77,87)(H,78,84)(H,79,85)(H,80,86). The molecule has 0 aliphatic carbocycles. The summed E-state index contributed by atoms with van der Waals surface area (Å²) in [5, 5.41) is 19.3. The van der Waals surface area contributed by atoms with Crippen molar-refractivity contribution in [1.82, 2.24) is 37.2 Å². The monoisotopic (exact) mass is 1550 g/mol. The number of unbranched alkanes of at least 4 members (excludes halogenated alkanes) is 3. The molecule has 0 spiro atoms. The number of carbonyl (C=O) groups excluding carboxylic acids is 8. The lowest BCUT2D eigenvalue weighted by atomic mass is 10.1. The second-order valence-electron chi connectivity index (χ2n) is 22.8. The lowest BCUT2D eigenvalue weighted by Crippen LogP contribution is -2.48. The van der Waals surface area contributed by atoms with E-state index in [4.69, 9.17) is 119 Å². The Balaban J connectivity index is 4.50. The summed E-state index contributed by atoms with van der Waals surface area (Å²) in [6.45, 7) is 10.7. The van der Waals surface area contributed by atoms with Crippen molar-refractivity contribution in [3.05, 3.63) is 0 Å². The van der Waals surface area contributed by atoms with Crippen LogP contribution < -0.4 is 65.9 Å². The van der Waals surface area contributed by atoms with Crippen molar-refractivity contribution >= 4 is 53.2 Å². The highest BCUT2D eigenvalue weighted by atomic mass is 16.6. The highest BCUT2D eigenvalue weighted by Gasteiger charge is 2.23. The van der Waals surface area contributed by atoms with Gasteiger partial charge in [-0.2, -0.15) is 0 Å². The number of carbonyl (C=O) groups is 8. The van der Waals surface area contributed by atoms with Crippen molar-refractivity contribution in [3.63, 3.8) is 0 Å². The zero-order valence-electron chi connectivity index (χ0n) is 63.3. The quantitative estimate of drug-likeness (QED) is 0.0117. The molecular formula is C67H131N13O27. The molecule has 7 amide bonds. The molecule has 0 saturated carbocycles. The molecule has 40 heteroatoms. The number of esters is 1. The van der Waals surface area contributed by atoms with Gasteiger partial charge in [-0.15, -0.1) is 0 Å². The average Bonchev–Trinajstić information content (AvgIpc) is 0.949. The molecule has 17 N–H and O–H groups in total. The normalized spacial score (nSPS) is 12.3. The van der Waals surface area contributed by atoms with Crippen LogP contribution in [-0.4, -0.2) is 375 Å². The topological polar surface area (TPSA) is 539 Å². The molecule has 626 valence electrons. The summed E-state index contributed by atoms with van der Waals surface area (Å²) in [7, 11) is 1.22. The smallest absolute Gasteiger partial charge is 0.328 e. The fourth-order valence-corrected chi connectivity index (χ4v) is 8.60. The van der Waals surface area contributed by atoms with Crippen molar-refractivity contribution in [3.8, 4) is 0 Å². The molecule has 0 fully saturated rings. The number of nitrogens with two attached hydrogens (primary N) is 5. The number of nitrogens with one attached hydrogen (secondary N) is 7. The first kappa shape index (κ1) is 101. The van der Waals surface area contributed by atoms with E-state index in [9.17, 15) is 38.4 Å². The minimum Gasteiger partial charge on any atom is -0.467 e. The predicted molar refractivity (Wildman–Crippen MR) is 389 cm³/mol.